The molecule has 0 unspecified atom stereocenters. The molecule has 4 rings (SSSR count). The van der Waals surface area contributed by atoms with Gasteiger partial charge in [-0.25, -0.2) is 8.42 Å². The maximum Gasteiger partial charge on any atom is 0.253 e. The number of benzene rings is 2. The smallest absolute Gasteiger partial charge is 0.253 e. The summed E-state index contributed by atoms with van der Waals surface area (Å²) >= 11 is 0. The molecular weight excluding hydrogens is 412 g/mol. The fourth-order valence-electron chi connectivity index (χ4n) is 3.88. The van der Waals surface area contributed by atoms with E-state index < -0.39 is 10.0 Å². The highest BCUT2D eigenvalue weighted by Crippen LogP contribution is 2.22. The molecule has 1 amide bonds. The second-order valence-electron chi connectivity index (χ2n) is 7.87. The first-order valence-corrected chi connectivity index (χ1v) is 11.7. The Balaban J connectivity index is 1.39. The van der Waals surface area contributed by atoms with Crippen LogP contribution in [-0.4, -0.2) is 59.5 Å². The van der Waals surface area contributed by atoms with Crippen molar-refractivity contribution in [3.05, 3.63) is 83.2 Å². The van der Waals surface area contributed by atoms with E-state index in [0.29, 0.717) is 43.2 Å². The Hall–Kier alpha value is -2.97. The van der Waals surface area contributed by atoms with E-state index in [1.807, 2.05) is 67.2 Å². The molecule has 8 heteroatoms. The summed E-state index contributed by atoms with van der Waals surface area (Å²) < 4.78 is 29.4. The van der Waals surface area contributed by atoms with E-state index in [9.17, 15) is 13.2 Å². The van der Waals surface area contributed by atoms with E-state index in [1.165, 1.54) is 4.31 Å². The number of piperazine rings is 1. The molecule has 3 aromatic rings. The summed E-state index contributed by atoms with van der Waals surface area (Å²) in [5, 5.41) is 4.19. The van der Waals surface area contributed by atoms with Gasteiger partial charge in [-0.1, -0.05) is 29.8 Å². The molecule has 0 spiro atoms. The minimum Gasteiger partial charge on any atom is -0.336 e. The monoisotopic (exact) mass is 438 g/mol. The summed E-state index contributed by atoms with van der Waals surface area (Å²) in [4.78, 5) is 14.9. The number of amides is 1. The molecule has 0 bridgehead atoms. The molecular formula is C23H26N4O3S. The van der Waals surface area contributed by atoms with Gasteiger partial charge in [-0.05, 0) is 49.2 Å². The van der Waals surface area contributed by atoms with Crippen molar-refractivity contribution in [3.63, 3.8) is 0 Å². The van der Waals surface area contributed by atoms with E-state index in [1.54, 1.807) is 17.2 Å². The Morgan fingerprint density at radius 2 is 1.71 bits per heavy atom. The Labute approximate surface area is 183 Å². The summed E-state index contributed by atoms with van der Waals surface area (Å²) in [7, 11) is -3.57. The van der Waals surface area contributed by atoms with E-state index in [0.717, 1.165) is 16.7 Å². The fourth-order valence-corrected chi connectivity index (χ4v) is 5.50. The zero-order chi connectivity index (χ0) is 22.0. The highest BCUT2D eigenvalue weighted by molar-refractivity contribution is 7.89. The van der Waals surface area contributed by atoms with Gasteiger partial charge in [0.15, 0.2) is 0 Å². The Kier molecular flexibility index (Phi) is 5.93. The van der Waals surface area contributed by atoms with Crippen molar-refractivity contribution >= 4 is 15.9 Å². The Morgan fingerprint density at radius 1 is 1.00 bits per heavy atom. The Bertz CT molecular complexity index is 1160. The van der Waals surface area contributed by atoms with Crippen LogP contribution in [0.4, 0.5) is 0 Å². The van der Waals surface area contributed by atoms with Crippen LogP contribution >= 0.6 is 0 Å². The number of aromatic nitrogens is 2. The van der Waals surface area contributed by atoms with Gasteiger partial charge in [-0.15, -0.1) is 0 Å². The lowest BCUT2D eigenvalue weighted by Gasteiger charge is -2.34. The van der Waals surface area contributed by atoms with Crippen LogP contribution in [-0.2, 0) is 16.6 Å². The molecule has 1 aliphatic rings. The molecule has 162 valence electrons. The van der Waals surface area contributed by atoms with Crippen LogP contribution < -0.4 is 0 Å². The zero-order valence-corrected chi connectivity index (χ0v) is 18.5. The highest BCUT2D eigenvalue weighted by atomic mass is 32.2. The third-order valence-corrected chi connectivity index (χ3v) is 7.64. The van der Waals surface area contributed by atoms with Crippen LogP contribution in [0.15, 0.2) is 65.8 Å². The van der Waals surface area contributed by atoms with Crippen molar-refractivity contribution in [2.24, 2.45) is 0 Å². The van der Waals surface area contributed by atoms with E-state index in [4.69, 9.17) is 0 Å². The standard InChI is InChI=1S/C23H26N4O3S/c1-18-4-9-22(19(2)16-18)31(29,30)27-14-12-25(13-15-27)23(28)21-7-5-20(6-8-21)17-26-11-3-10-24-26/h3-11,16H,12-15,17H2,1-2H3. The molecule has 1 aromatic heterocycles. The van der Waals surface area contributed by atoms with Gasteiger partial charge in [0, 0.05) is 44.1 Å². The zero-order valence-electron chi connectivity index (χ0n) is 17.7. The second-order valence-corrected chi connectivity index (χ2v) is 9.77. The van der Waals surface area contributed by atoms with Crippen LogP contribution in [0, 0.1) is 13.8 Å². The fraction of sp³-hybridized carbons (Fsp3) is 0.304. The molecule has 0 atom stereocenters. The first-order chi connectivity index (χ1) is 14.8. The number of sulfonamides is 1. The molecule has 1 fully saturated rings. The summed E-state index contributed by atoms with van der Waals surface area (Å²) in [6.07, 6.45) is 3.63. The van der Waals surface area contributed by atoms with Crippen molar-refractivity contribution in [1.82, 2.24) is 19.0 Å². The number of nitrogens with zero attached hydrogens (tertiary/aromatic N) is 4. The van der Waals surface area contributed by atoms with Crippen molar-refractivity contribution in [3.8, 4) is 0 Å². The average Bonchev–Trinajstić information content (AvgIpc) is 3.27. The highest BCUT2D eigenvalue weighted by Gasteiger charge is 2.31. The number of rotatable bonds is 5. The van der Waals surface area contributed by atoms with Crippen LogP contribution in [0.25, 0.3) is 0 Å². The number of carbonyl (C=O) groups is 1. The van der Waals surface area contributed by atoms with Crippen molar-refractivity contribution < 1.29 is 13.2 Å². The van der Waals surface area contributed by atoms with Gasteiger partial charge >= 0.3 is 0 Å². The first-order valence-electron chi connectivity index (χ1n) is 10.3. The van der Waals surface area contributed by atoms with E-state index >= 15 is 0 Å². The molecule has 0 saturated carbocycles. The normalized spacial score (nSPS) is 15.2. The SMILES string of the molecule is Cc1ccc(S(=O)(=O)N2CCN(C(=O)c3ccc(Cn4cccn4)cc3)CC2)c(C)c1. The number of hydrogen-bond donors (Lipinski definition) is 0. The third kappa shape index (κ3) is 4.55. The molecule has 1 aliphatic heterocycles. The lowest BCUT2D eigenvalue weighted by molar-refractivity contribution is 0.0698. The lowest BCUT2D eigenvalue weighted by atomic mass is 10.1. The lowest BCUT2D eigenvalue weighted by Crippen LogP contribution is -2.50. The molecule has 0 radical (unpaired) electrons. The number of hydrogen-bond acceptors (Lipinski definition) is 4. The van der Waals surface area contributed by atoms with Crippen molar-refractivity contribution in [2.75, 3.05) is 26.2 Å². The van der Waals surface area contributed by atoms with Crippen LogP contribution in [0.5, 0.6) is 0 Å². The molecule has 31 heavy (non-hydrogen) atoms. The minimum absolute atomic E-state index is 0.0748. The molecule has 0 N–H and O–H groups in total. The van der Waals surface area contributed by atoms with Gasteiger partial charge in [0.1, 0.15) is 0 Å². The molecule has 7 nitrogen and oxygen atoms in total. The van der Waals surface area contributed by atoms with Gasteiger partial charge in [0.05, 0.1) is 11.4 Å². The predicted octanol–water partition coefficient (Wildman–Crippen LogP) is 2.69. The molecule has 1 saturated heterocycles. The quantitative estimate of drug-likeness (QED) is 0.614. The summed E-state index contributed by atoms with van der Waals surface area (Å²) in [6.45, 7) is 5.73. The minimum atomic E-state index is -3.57. The molecule has 2 aromatic carbocycles. The topological polar surface area (TPSA) is 75.5 Å². The Morgan fingerprint density at radius 3 is 2.32 bits per heavy atom. The molecule has 2 heterocycles. The van der Waals surface area contributed by atoms with Gasteiger partial charge in [0.2, 0.25) is 10.0 Å². The van der Waals surface area contributed by atoms with Gasteiger partial charge in [0.25, 0.3) is 5.91 Å². The third-order valence-electron chi connectivity index (χ3n) is 5.58. The van der Waals surface area contributed by atoms with Crippen LogP contribution in [0.3, 0.4) is 0 Å². The average molecular weight is 439 g/mol. The second kappa shape index (κ2) is 8.64. The molecule has 0 aliphatic carbocycles. The van der Waals surface area contributed by atoms with Gasteiger partial charge < -0.3 is 4.90 Å². The van der Waals surface area contributed by atoms with Crippen molar-refractivity contribution in [2.45, 2.75) is 25.3 Å². The summed E-state index contributed by atoms with van der Waals surface area (Å²) in [5.74, 6) is -0.0748. The summed E-state index contributed by atoms with van der Waals surface area (Å²) in [6, 6.07) is 14.7. The summed E-state index contributed by atoms with van der Waals surface area (Å²) in [5.41, 5.74) is 3.44. The van der Waals surface area contributed by atoms with Crippen LogP contribution in [0.2, 0.25) is 0 Å². The van der Waals surface area contributed by atoms with Crippen LogP contribution in [0.1, 0.15) is 27.0 Å². The number of carbonyl (C=O) groups excluding carboxylic acids is 1. The maximum absolute atomic E-state index is 13.0. The van der Waals surface area contributed by atoms with E-state index in [-0.39, 0.29) is 5.91 Å². The number of aryl methyl sites for hydroxylation is 2. The van der Waals surface area contributed by atoms with Gasteiger partial charge in [-0.3, -0.25) is 9.48 Å². The van der Waals surface area contributed by atoms with Gasteiger partial charge in [-0.2, -0.15) is 9.40 Å². The first kappa shape index (κ1) is 21.3. The van der Waals surface area contributed by atoms with E-state index in [2.05, 4.69) is 5.10 Å². The maximum atomic E-state index is 13.0. The largest absolute Gasteiger partial charge is 0.336 e. The predicted molar refractivity (Wildman–Crippen MR) is 118 cm³/mol. The van der Waals surface area contributed by atoms with Crippen molar-refractivity contribution in [1.29, 1.82) is 0 Å².